The second-order valence-corrected chi connectivity index (χ2v) is 5.93. The molecule has 0 fully saturated rings. The van der Waals surface area contributed by atoms with E-state index >= 15 is 0 Å². The number of anilines is 1. The van der Waals surface area contributed by atoms with Crippen LogP contribution in [-0.4, -0.2) is 41.9 Å². The average molecular weight is 294 g/mol. The van der Waals surface area contributed by atoms with Crippen LogP contribution in [0.25, 0.3) is 0 Å². The molecule has 20 heavy (non-hydrogen) atoms. The molecule has 4 heteroatoms. The molecule has 0 heterocycles. The van der Waals surface area contributed by atoms with Gasteiger partial charge in [-0.2, -0.15) is 11.8 Å². The Kier molecular flexibility index (Phi) is 8.19. The molecule has 1 rings (SSSR count). The summed E-state index contributed by atoms with van der Waals surface area (Å²) in [6.45, 7) is 8.66. The first-order valence-corrected chi connectivity index (χ1v) is 8.59. The zero-order valence-corrected chi connectivity index (χ0v) is 13.6. The number of rotatable bonds is 9. The lowest BCUT2D eigenvalue weighted by Crippen LogP contribution is -2.30. The second kappa shape index (κ2) is 9.70. The predicted molar refractivity (Wildman–Crippen MR) is 89.8 cm³/mol. The van der Waals surface area contributed by atoms with Crippen molar-refractivity contribution in [3.63, 3.8) is 0 Å². The number of amides is 1. The minimum Gasteiger partial charge on any atom is -0.385 e. The summed E-state index contributed by atoms with van der Waals surface area (Å²) in [5.41, 5.74) is 1.80. The van der Waals surface area contributed by atoms with Crippen molar-refractivity contribution in [2.24, 2.45) is 0 Å². The number of benzene rings is 1. The predicted octanol–water partition coefficient (Wildman–Crippen LogP) is 3.72. The lowest BCUT2D eigenvalue weighted by atomic mass is 10.1. The molecule has 0 aliphatic heterocycles. The maximum absolute atomic E-state index is 12.3. The van der Waals surface area contributed by atoms with Crippen LogP contribution in [-0.2, 0) is 0 Å². The van der Waals surface area contributed by atoms with Crippen LogP contribution in [0, 0.1) is 0 Å². The quantitative estimate of drug-likeness (QED) is 0.704. The first-order chi connectivity index (χ1) is 9.72. The van der Waals surface area contributed by atoms with Gasteiger partial charge in [0.05, 0.1) is 0 Å². The summed E-state index contributed by atoms with van der Waals surface area (Å²) in [6, 6.07) is 7.80. The molecular formula is C16H26N2OS. The molecule has 0 radical (unpaired) electrons. The molecule has 0 aromatic heterocycles. The number of carbonyl (C=O) groups is 1. The molecule has 0 saturated heterocycles. The lowest BCUT2D eigenvalue weighted by molar-refractivity contribution is 0.0773. The van der Waals surface area contributed by atoms with Gasteiger partial charge in [0.2, 0.25) is 0 Å². The Morgan fingerprint density at radius 3 is 2.65 bits per heavy atom. The van der Waals surface area contributed by atoms with Gasteiger partial charge in [-0.05, 0) is 50.0 Å². The smallest absolute Gasteiger partial charge is 0.253 e. The minimum absolute atomic E-state index is 0.111. The van der Waals surface area contributed by atoms with E-state index in [0.29, 0.717) is 0 Å². The van der Waals surface area contributed by atoms with Crippen LogP contribution < -0.4 is 5.32 Å². The van der Waals surface area contributed by atoms with Gasteiger partial charge in [-0.3, -0.25) is 4.79 Å². The number of hydrogen-bond donors (Lipinski definition) is 1. The van der Waals surface area contributed by atoms with Crippen LogP contribution in [0.4, 0.5) is 5.69 Å². The summed E-state index contributed by atoms with van der Waals surface area (Å²) >= 11 is 1.96. The van der Waals surface area contributed by atoms with Gasteiger partial charge in [-0.1, -0.05) is 13.0 Å². The Balaban J connectivity index is 2.55. The standard InChI is InChI=1S/C16H26N2OS/c1-4-18(5-2)16(19)14-9-7-10-15(13-14)17-11-8-12-20-6-3/h7,9-10,13,17H,4-6,8,11-12H2,1-3H3. The summed E-state index contributed by atoms with van der Waals surface area (Å²) in [4.78, 5) is 14.1. The van der Waals surface area contributed by atoms with Gasteiger partial charge in [-0.25, -0.2) is 0 Å². The Hall–Kier alpha value is -1.16. The normalized spacial score (nSPS) is 10.3. The van der Waals surface area contributed by atoms with Crippen LogP contribution in [0.1, 0.15) is 37.6 Å². The van der Waals surface area contributed by atoms with Crippen LogP contribution >= 0.6 is 11.8 Å². The van der Waals surface area contributed by atoms with Crippen molar-refractivity contribution in [3.8, 4) is 0 Å². The molecule has 112 valence electrons. The molecule has 0 unspecified atom stereocenters. The van der Waals surface area contributed by atoms with Crippen molar-refractivity contribution < 1.29 is 4.79 Å². The fourth-order valence-corrected chi connectivity index (χ4v) is 2.64. The van der Waals surface area contributed by atoms with E-state index < -0.39 is 0 Å². The van der Waals surface area contributed by atoms with Gasteiger partial charge in [0.15, 0.2) is 0 Å². The van der Waals surface area contributed by atoms with E-state index in [2.05, 4.69) is 12.2 Å². The van der Waals surface area contributed by atoms with Crippen molar-refractivity contribution in [2.75, 3.05) is 36.5 Å². The summed E-state index contributed by atoms with van der Waals surface area (Å²) in [5.74, 6) is 2.47. The highest BCUT2D eigenvalue weighted by Gasteiger charge is 2.12. The molecule has 0 aliphatic rings. The number of nitrogens with zero attached hydrogens (tertiary/aromatic N) is 1. The zero-order chi connectivity index (χ0) is 14.8. The topological polar surface area (TPSA) is 32.3 Å². The van der Waals surface area contributed by atoms with Crippen molar-refractivity contribution in [2.45, 2.75) is 27.2 Å². The largest absolute Gasteiger partial charge is 0.385 e. The van der Waals surface area contributed by atoms with Gasteiger partial charge in [0.25, 0.3) is 5.91 Å². The van der Waals surface area contributed by atoms with E-state index in [1.807, 2.05) is 54.8 Å². The maximum atomic E-state index is 12.3. The van der Waals surface area contributed by atoms with E-state index in [-0.39, 0.29) is 5.91 Å². The molecular weight excluding hydrogens is 268 g/mol. The molecule has 0 bridgehead atoms. The lowest BCUT2D eigenvalue weighted by Gasteiger charge is -2.19. The average Bonchev–Trinajstić information content (AvgIpc) is 2.48. The third-order valence-corrected chi connectivity index (χ3v) is 4.14. The van der Waals surface area contributed by atoms with Gasteiger partial charge < -0.3 is 10.2 Å². The summed E-state index contributed by atoms with van der Waals surface area (Å²) in [5, 5.41) is 3.39. The Morgan fingerprint density at radius 2 is 2.00 bits per heavy atom. The van der Waals surface area contributed by atoms with Crippen LogP contribution in [0.2, 0.25) is 0 Å². The van der Waals surface area contributed by atoms with Crippen LogP contribution in [0.15, 0.2) is 24.3 Å². The summed E-state index contributed by atoms with van der Waals surface area (Å²) < 4.78 is 0. The Bertz CT molecular complexity index is 405. The van der Waals surface area contributed by atoms with Gasteiger partial charge in [0.1, 0.15) is 0 Å². The summed E-state index contributed by atoms with van der Waals surface area (Å²) in [6.07, 6.45) is 1.15. The summed E-state index contributed by atoms with van der Waals surface area (Å²) in [7, 11) is 0. The molecule has 3 nitrogen and oxygen atoms in total. The van der Waals surface area contributed by atoms with Crippen molar-refractivity contribution in [1.29, 1.82) is 0 Å². The molecule has 1 amide bonds. The highest BCUT2D eigenvalue weighted by Crippen LogP contribution is 2.13. The first kappa shape index (κ1) is 16.9. The minimum atomic E-state index is 0.111. The molecule has 0 atom stereocenters. The number of thioether (sulfide) groups is 1. The number of nitrogens with one attached hydrogen (secondary N) is 1. The van der Waals surface area contributed by atoms with E-state index in [1.165, 1.54) is 11.5 Å². The second-order valence-electron chi connectivity index (χ2n) is 4.54. The molecule has 0 saturated carbocycles. The van der Waals surface area contributed by atoms with Gasteiger partial charge in [0, 0.05) is 30.9 Å². The van der Waals surface area contributed by atoms with Crippen molar-refractivity contribution in [1.82, 2.24) is 4.90 Å². The number of hydrogen-bond acceptors (Lipinski definition) is 3. The van der Waals surface area contributed by atoms with Crippen molar-refractivity contribution >= 4 is 23.4 Å². The Labute approximate surface area is 127 Å². The highest BCUT2D eigenvalue weighted by molar-refractivity contribution is 7.99. The highest BCUT2D eigenvalue weighted by atomic mass is 32.2. The molecule has 1 N–H and O–H groups in total. The Morgan fingerprint density at radius 1 is 1.25 bits per heavy atom. The fraction of sp³-hybridized carbons (Fsp3) is 0.562. The first-order valence-electron chi connectivity index (χ1n) is 7.43. The van der Waals surface area contributed by atoms with Crippen LogP contribution in [0.5, 0.6) is 0 Å². The van der Waals surface area contributed by atoms with Crippen molar-refractivity contribution in [3.05, 3.63) is 29.8 Å². The molecule has 0 spiro atoms. The van der Waals surface area contributed by atoms with Gasteiger partial charge >= 0.3 is 0 Å². The third-order valence-electron chi connectivity index (χ3n) is 3.16. The molecule has 1 aromatic carbocycles. The monoisotopic (exact) mass is 294 g/mol. The SMILES string of the molecule is CCSCCCNc1cccc(C(=O)N(CC)CC)c1. The van der Waals surface area contributed by atoms with E-state index in [9.17, 15) is 4.79 Å². The van der Waals surface area contributed by atoms with E-state index in [1.54, 1.807) is 0 Å². The number of carbonyl (C=O) groups excluding carboxylic acids is 1. The van der Waals surface area contributed by atoms with E-state index in [4.69, 9.17) is 0 Å². The van der Waals surface area contributed by atoms with E-state index in [0.717, 1.165) is 37.3 Å². The maximum Gasteiger partial charge on any atom is 0.253 e. The van der Waals surface area contributed by atoms with Crippen LogP contribution in [0.3, 0.4) is 0 Å². The molecule has 1 aromatic rings. The molecule has 0 aliphatic carbocycles. The fourth-order valence-electron chi connectivity index (χ4n) is 2.01. The van der Waals surface area contributed by atoms with Gasteiger partial charge in [-0.15, -0.1) is 0 Å². The zero-order valence-electron chi connectivity index (χ0n) is 12.8. The third kappa shape index (κ3) is 5.45.